The highest BCUT2D eigenvalue weighted by Crippen LogP contribution is 2.35. The summed E-state index contributed by atoms with van der Waals surface area (Å²) in [6, 6.07) is 7.49. The minimum absolute atomic E-state index is 0.129. The Morgan fingerprint density at radius 2 is 2.32 bits per heavy atom. The zero-order valence-corrected chi connectivity index (χ0v) is 12.1. The van der Waals surface area contributed by atoms with Crippen LogP contribution in [0.1, 0.15) is 38.3 Å². The predicted octanol–water partition coefficient (Wildman–Crippen LogP) is 3.59. The lowest BCUT2D eigenvalue weighted by Gasteiger charge is -2.32. The summed E-state index contributed by atoms with van der Waals surface area (Å²) in [5, 5.41) is 10.1. The number of carbonyl (C=O) groups is 1. The third-order valence-corrected chi connectivity index (χ3v) is 4.25. The summed E-state index contributed by atoms with van der Waals surface area (Å²) in [6.45, 7) is 4.94. The van der Waals surface area contributed by atoms with E-state index < -0.39 is 5.97 Å². The van der Waals surface area contributed by atoms with E-state index in [0.29, 0.717) is 5.02 Å². The summed E-state index contributed by atoms with van der Waals surface area (Å²) in [6.07, 6.45) is 1.82. The molecule has 0 saturated carbocycles. The maximum absolute atomic E-state index is 11.5. The standard InChI is InChI=1S/C15H20ClNO2/c1-3-13(11-5-4-6-12(16)9-11)17-8-7-10(2)14(17)15(18)19/h4-6,9-10,13-14H,3,7-8H2,1-2H3,(H,18,19). The Balaban J connectivity index is 2.29. The fourth-order valence-corrected chi connectivity index (χ4v) is 3.29. The number of hydrogen-bond donors (Lipinski definition) is 1. The topological polar surface area (TPSA) is 40.5 Å². The maximum Gasteiger partial charge on any atom is 0.321 e. The van der Waals surface area contributed by atoms with Crippen molar-refractivity contribution in [3.8, 4) is 0 Å². The molecular formula is C15H20ClNO2. The number of carboxylic acid groups (broad SMARTS) is 1. The van der Waals surface area contributed by atoms with Gasteiger partial charge in [-0.1, -0.05) is 37.6 Å². The minimum Gasteiger partial charge on any atom is -0.480 e. The number of aliphatic carboxylic acids is 1. The molecule has 4 heteroatoms. The molecule has 3 unspecified atom stereocenters. The van der Waals surface area contributed by atoms with Gasteiger partial charge in [-0.15, -0.1) is 0 Å². The monoisotopic (exact) mass is 281 g/mol. The number of carboxylic acids is 1. The quantitative estimate of drug-likeness (QED) is 0.917. The molecule has 1 heterocycles. The van der Waals surface area contributed by atoms with Crippen LogP contribution in [0.2, 0.25) is 5.02 Å². The van der Waals surface area contributed by atoms with Gasteiger partial charge in [0.1, 0.15) is 6.04 Å². The van der Waals surface area contributed by atoms with Crippen molar-refractivity contribution in [1.82, 2.24) is 4.90 Å². The third-order valence-electron chi connectivity index (χ3n) is 4.01. The molecule has 3 nitrogen and oxygen atoms in total. The molecular weight excluding hydrogens is 262 g/mol. The smallest absolute Gasteiger partial charge is 0.321 e. The number of rotatable bonds is 4. The second kappa shape index (κ2) is 5.93. The molecule has 1 aromatic carbocycles. The summed E-state index contributed by atoms with van der Waals surface area (Å²) in [5.74, 6) is -0.517. The molecule has 1 saturated heterocycles. The highest BCUT2D eigenvalue weighted by Gasteiger charge is 2.40. The van der Waals surface area contributed by atoms with Gasteiger partial charge in [-0.2, -0.15) is 0 Å². The first-order chi connectivity index (χ1) is 9.04. The predicted molar refractivity (Wildman–Crippen MR) is 76.4 cm³/mol. The van der Waals surface area contributed by atoms with E-state index in [0.717, 1.165) is 24.9 Å². The van der Waals surface area contributed by atoms with Crippen LogP contribution in [0.3, 0.4) is 0 Å². The van der Waals surface area contributed by atoms with E-state index >= 15 is 0 Å². The van der Waals surface area contributed by atoms with E-state index in [1.165, 1.54) is 0 Å². The molecule has 1 fully saturated rings. The number of benzene rings is 1. The second-order valence-corrected chi connectivity index (χ2v) is 5.70. The molecule has 0 spiro atoms. The lowest BCUT2D eigenvalue weighted by atomic mass is 9.99. The molecule has 0 aliphatic carbocycles. The lowest BCUT2D eigenvalue weighted by Crippen LogP contribution is -2.41. The van der Waals surface area contributed by atoms with Crippen molar-refractivity contribution in [2.24, 2.45) is 5.92 Å². The van der Waals surface area contributed by atoms with Crippen molar-refractivity contribution in [2.75, 3.05) is 6.54 Å². The Bertz CT molecular complexity index is 463. The molecule has 1 N–H and O–H groups in total. The van der Waals surface area contributed by atoms with E-state index in [-0.39, 0.29) is 18.0 Å². The normalized spacial score (nSPS) is 25.4. The molecule has 3 atom stereocenters. The molecule has 1 aromatic rings. The van der Waals surface area contributed by atoms with Crippen LogP contribution >= 0.6 is 11.6 Å². The van der Waals surface area contributed by atoms with Crippen LogP contribution < -0.4 is 0 Å². The Morgan fingerprint density at radius 3 is 2.89 bits per heavy atom. The third kappa shape index (κ3) is 2.93. The van der Waals surface area contributed by atoms with E-state index in [1.54, 1.807) is 0 Å². The Labute approximate surface area is 119 Å². The highest BCUT2D eigenvalue weighted by atomic mass is 35.5. The Morgan fingerprint density at radius 1 is 1.58 bits per heavy atom. The maximum atomic E-state index is 11.5. The van der Waals surface area contributed by atoms with Gasteiger partial charge in [-0.3, -0.25) is 9.69 Å². The van der Waals surface area contributed by atoms with Gasteiger partial charge < -0.3 is 5.11 Å². The fraction of sp³-hybridized carbons (Fsp3) is 0.533. The van der Waals surface area contributed by atoms with Crippen molar-refractivity contribution >= 4 is 17.6 Å². The van der Waals surface area contributed by atoms with Gasteiger partial charge in [0.2, 0.25) is 0 Å². The first kappa shape index (κ1) is 14.4. The zero-order valence-electron chi connectivity index (χ0n) is 11.3. The molecule has 0 radical (unpaired) electrons. The number of hydrogen-bond acceptors (Lipinski definition) is 2. The van der Waals surface area contributed by atoms with Gasteiger partial charge in [0.25, 0.3) is 0 Å². The van der Waals surface area contributed by atoms with Gasteiger partial charge in [0, 0.05) is 11.1 Å². The van der Waals surface area contributed by atoms with Gasteiger partial charge >= 0.3 is 5.97 Å². The molecule has 1 aliphatic heterocycles. The molecule has 1 aliphatic rings. The number of nitrogens with zero attached hydrogens (tertiary/aromatic N) is 1. The zero-order chi connectivity index (χ0) is 14.0. The highest BCUT2D eigenvalue weighted by molar-refractivity contribution is 6.30. The number of halogens is 1. The van der Waals surface area contributed by atoms with E-state index in [4.69, 9.17) is 11.6 Å². The summed E-state index contributed by atoms with van der Waals surface area (Å²) in [7, 11) is 0. The van der Waals surface area contributed by atoms with Crippen LogP contribution in [0.4, 0.5) is 0 Å². The van der Waals surface area contributed by atoms with E-state index in [2.05, 4.69) is 11.8 Å². The van der Waals surface area contributed by atoms with Crippen LogP contribution in [-0.2, 0) is 4.79 Å². The van der Waals surface area contributed by atoms with Crippen LogP contribution in [0, 0.1) is 5.92 Å². The summed E-state index contributed by atoms with van der Waals surface area (Å²) >= 11 is 6.05. The Hall–Kier alpha value is -1.06. The average molecular weight is 282 g/mol. The van der Waals surface area contributed by atoms with E-state index in [1.807, 2.05) is 31.2 Å². The summed E-state index contributed by atoms with van der Waals surface area (Å²) < 4.78 is 0. The fourth-order valence-electron chi connectivity index (χ4n) is 3.09. The van der Waals surface area contributed by atoms with Crippen molar-refractivity contribution in [1.29, 1.82) is 0 Å². The first-order valence-corrected chi connectivity index (χ1v) is 7.16. The van der Waals surface area contributed by atoms with Gasteiger partial charge in [-0.25, -0.2) is 0 Å². The average Bonchev–Trinajstić information content (AvgIpc) is 2.72. The molecule has 0 amide bonds. The van der Waals surface area contributed by atoms with Crippen LogP contribution in [0.15, 0.2) is 24.3 Å². The number of likely N-dealkylation sites (tertiary alicyclic amines) is 1. The minimum atomic E-state index is -0.717. The first-order valence-electron chi connectivity index (χ1n) is 6.78. The van der Waals surface area contributed by atoms with Crippen molar-refractivity contribution < 1.29 is 9.90 Å². The second-order valence-electron chi connectivity index (χ2n) is 5.27. The molecule has 19 heavy (non-hydrogen) atoms. The van der Waals surface area contributed by atoms with Crippen LogP contribution in [0.5, 0.6) is 0 Å². The van der Waals surface area contributed by atoms with Gasteiger partial charge in [0.15, 0.2) is 0 Å². The molecule has 0 bridgehead atoms. The summed E-state index contributed by atoms with van der Waals surface area (Å²) in [4.78, 5) is 13.6. The molecule has 2 rings (SSSR count). The summed E-state index contributed by atoms with van der Waals surface area (Å²) in [5.41, 5.74) is 1.11. The van der Waals surface area contributed by atoms with Crippen molar-refractivity contribution in [2.45, 2.75) is 38.8 Å². The Kier molecular flexibility index (Phi) is 4.48. The molecule has 0 aromatic heterocycles. The SMILES string of the molecule is CCC(c1cccc(Cl)c1)N1CCC(C)C1C(=O)O. The van der Waals surface area contributed by atoms with Gasteiger partial charge in [0.05, 0.1) is 0 Å². The lowest BCUT2D eigenvalue weighted by molar-refractivity contribution is -0.144. The van der Waals surface area contributed by atoms with Crippen molar-refractivity contribution in [3.63, 3.8) is 0 Å². The van der Waals surface area contributed by atoms with Crippen LogP contribution in [-0.4, -0.2) is 28.6 Å². The van der Waals surface area contributed by atoms with Crippen molar-refractivity contribution in [3.05, 3.63) is 34.9 Å². The van der Waals surface area contributed by atoms with E-state index in [9.17, 15) is 9.90 Å². The largest absolute Gasteiger partial charge is 0.480 e. The molecule has 104 valence electrons. The van der Waals surface area contributed by atoms with Crippen LogP contribution in [0.25, 0.3) is 0 Å². The van der Waals surface area contributed by atoms with Gasteiger partial charge in [-0.05, 0) is 43.0 Å².